The Balaban J connectivity index is 2.30. The molecular formula is C14H11ClN2S. The zero-order chi connectivity index (χ0) is 12.7. The second-order valence-corrected chi connectivity index (χ2v) is 5.50. The molecule has 0 atom stereocenters. The van der Waals surface area contributed by atoms with Gasteiger partial charge in [-0.2, -0.15) is 0 Å². The van der Waals surface area contributed by atoms with Crippen molar-refractivity contribution in [3.8, 4) is 11.1 Å². The van der Waals surface area contributed by atoms with Crippen LogP contribution in [0.5, 0.6) is 0 Å². The maximum atomic E-state index is 6.15. The highest BCUT2D eigenvalue weighted by molar-refractivity contribution is 7.18. The van der Waals surface area contributed by atoms with Gasteiger partial charge in [-0.1, -0.05) is 41.4 Å². The lowest BCUT2D eigenvalue weighted by atomic mass is 10.1. The Hall–Kier alpha value is -1.45. The number of aromatic nitrogens is 2. The van der Waals surface area contributed by atoms with E-state index in [1.165, 1.54) is 11.1 Å². The zero-order valence-corrected chi connectivity index (χ0v) is 11.6. The molecule has 0 bridgehead atoms. The number of rotatable bonds is 1. The van der Waals surface area contributed by atoms with Crippen LogP contribution < -0.4 is 0 Å². The fourth-order valence-electron chi connectivity index (χ4n) is 2.01. The fraction of sp³-hybridized carbons (Fsp3) is 0.143. The zero-order valence-electron chi connectivity index (χ0n) is 10.1. The van der Waals surface area contributed by atoms with E-state index in [1.807, 2.05) is 6.92 Å². The van der Waals surface area contributed by atoms with Crippen LogP contribution in [0.1, 0.15) is 11.4 Å². The molecule has 0 unspecified atom stereocenters. The molecule has 0 fully saturated rings. The van der Waals surface area contributed by atoms with E-state index in [4.69, 9.17) is 11.6 Å². The van der Waals surface area contributed by atoms with Crippen molar-refractivity contribution in [2.45, 2.75) is 13.8 Å². The van der Waals surface area contributed by atoms with Crippen LogP contribution in [0.4, 0.5) is 0 Å². The van der Waals surface area contributed by atoms with E-state index in [9.17, 15) is 0 Å². The summed E-state index contributed by atoms with van der Waals surface area (Å²) in [4.78, 5) is 8.71. The van der Waals surface area contributed by atoms with Gasteiger partial charge >= 0.3 is 0 Å². The first kappa shape index (κ1) is 11.6. The van der Waals surface area contributed by atoms with Gasteiger partial charge in [0.25, 0.3) is 0 Å². The first-order valence-corrected chi connectivity index (χ1v) is 6.89. The molecule has 1 aromatic carbocycles. The van der Waals surface area contributed by atoms with Gasteiger partial charge in [-0.15, -0.1) is 11.3 Å². The molecule has 18 heavy (non-hydrogen) atoms. The molecule has 0 saturated carbocycles. The molecule has 0 saturated heterocycles. The van der Waals surface area contributed by atoms with E-state index >= 15 is 0 Å². The van der Waals surface area contributed by atoms with Crippen LogP contribution in [0, 0.1) is 13.8 Å². The van der Waals surface area contributed by atoms with Crippen LogP contribution in [0.25, 0.3) is 21.3 Å². The molecule has 2 heterocycles. The molecule has 0 amide bonds. The van der Waals surface area contributed by atoms with E-state index in [0.29, 0.717) is 11.0 Å². The van der Waals surface area contributed by atoms with Gasteiger partial charge in [-0.25, -0.2) is 9.97 Å². The summed E-state index contributed by atoms with van der Waals surface area (Å²) in [5, 5.41) is 2.64. The average Bonchev–Trinajstić information content (AvgIpc) is 2.72. The minimum atomic E-state index is 0.543. The molecule has 0 aliphatic rings. The van der Waals surface area contributed by atoms with Crippen LogP contribution in [0.15, 0.2) is 29.6 Å². The summed E-state index contributed by atoms with van der Waals surface area (Å²) < 4.78 is 0.957. The maximum absolute atomic E-state index is 6.15. The van der Waals surface area contributed by atoms with E-state index in [-0.39, 0.29) is 0 Å². The second-order valence-electron chi connectivity index (χ2n) is 4.26. The van der Waals surface area contributed by atoms with Gasteiger partial charge in [-0.05, 0) is 19.4 Å². The Morgan fingerprint density at radius 3 is 2.78 bits per heavy atom. The van der Waals surface area contributed by atoms with Gasteiger partial charge in [0.2, 0.25) is 0 Å². The van der Waals surface area contributed by atoms with Gasteiger partial charge < -0.3 is 0 Å². The Morgan fingerprint density at radius 1 is 1.17 bits per heavy atom. The summed E-state index contributed by atoms with van der Waals surface area (Å²) in [7, 11) is 0. The van der Waals surface area contributed by atoms with E-state index in [2.05, 4.69) is 46.5 Å². The Labute approximate surface area is 114 Å². The van der Waals surface area contributed by atoms with Crippen molar-refractivity contribution in [3.63, 3.8) is 0 Å². The average molecular weight is 275 g/mol. The van der Waals surface area contributed by atoms with Gasteiger partial charge in [0, 0.05) is 10.9 Å². The topological polar surface area (TPSA) is 25.8 Å². The summed E-state index contributed by atoms with van der Waals surface area (Å²) in [6.07, 6.45) is 0. The quantitative estimate of drug-likeness (QED) is 0.605. The number of hydrogen-bond acceptors (Lipinski definition) is 3. The predicted octanol–water partition coefficient (Wildman–Crippen LogP) is 4.63. The molecule has 3 aromatic rings. The highest BCUT2D eigenvalue weighted by Gasteiger charge is 2.12. The van der Waals surface area contributed by atoms with Gasteiger partial charge in [0.15, 0.2) is 5.15 Å². The third-order valence-electron chi connectivity index (χ3n) is 2.81. The van der Waals surface area contributed by atoms with Crippen molar-refractivity contribution < 1.29 is 0 Å². The largest absolute Gasteiger partial charge is 0.232 e. The number of aryl methyl sites for hydroxylation is 2. The Morgan fingerprint density at radius 2 is 2.00 bits per heavy atom. The lowest BCUT2D eigenvalue weighted by molar-refractivity contribution is 1.10. The standard InChI is InChI=1S/C14H11ClN2S/c1-8-4-3-5-10(6-8)11-7-18-13-12(11)16-9(2)17-14(13)15/h3-7H,1-2H3. The number of halogens is 1. The molecule has 3 rings (SSSR count). The van der Waals surface area contributed by atoms with E-state index < -0.39 is 0 Å². The molecule has 2 nitrogen and oxygen atoms in total. The minimum Gasteiger partial charge on any atom is -0.232 e. The molecule has 2 aromatic heterocycles. The van der Waals surface area contributed by atoms with E-state index in [1.54, 1.807) is 11.3 Å². The van der Waals surface area contributed by atoms with Gasteiger partial charge in [0.05, 0.1) is 10.2 Å². The van der Waals surface area contributed by atoms with Crippen LogP contribution in [0.3, 0.4) is 0 Å². The van der Waals surface area contributed by atoms with Crippen LogP contribution >= 0.6 is 22.9 Å². The van der Waals surface area contributed by atoms with Crippen molar-refractivity contribution in [2.75, 3.05) is 0 Å². The third kappa shape index (κ3) is 1.89. The summed E-state index contributed by atoms with van der Waals surface area (Å²) in [6, 6.07) is 8.40. The normalized spacial score (nSPS) is 11.1. The summed E-state index contributed by atoms with van der Waals surface area (Å²) in [5.41, 5.74) is 4.49. The first-order chi connectivity index (χ1) is 8.65. The van der Waals surface area contributed by atoms with Crippen LogP contribution in [-0.4, -0.2) is 9.97 Å². The second kappa shape index (κ2) is 4.34. The highest BCUT2D eigenvalue weighted by atomic mass is 35.5. The highest BCUT2D eigenvalue weighted by Crippen LogP contribution is 2.35. The van der Waals surface area contributed by atoms with Crippen LogP contribution in [-0.2, 0) is 0 Å². The molecule has 4 heteroatoms. The molecule has 0 aliphatic heterocycles. The molecule has 0 radical (unpaired) electrons. The Kier molecular flexibility index (Phi) is 2.80. The number of thiophene rings is 1. The van der Waals surface area contributed by atoms with Crippen molar-refractivity contribution in [1.29, 1.82) is 0 Å². The maximum Gasteiger partial charge on any atom is 0.150 e. The number of benzene rings is 1. The lowest BCUT2D eigenvalue weighted by Crippen LogP contribution is -1.88. The summed E-state index contributed by atoms with van der Waals surface area (Å²) in [5.74, 6) is 0.708. The van der Waals surface area contributed by atoms with Crippen molar-refractivity contribution >= 4 is 33.2 Å². The third-order valence-corrected chi connectivity index (χ3v) is 4.18. The SMILES string of the molecule is Cc1cccc(-c2csc3c(Cl)nc(C)nc23)c1. The van der Waals surface area contributed by atoms with Gasteiger partial charge in [-0.3, -0.25) is 0 Å². The molecule has 0 aliphatic carbocycles. The first-order valence-electron chi connectivity index (χ1n) is 5.63. The fourth-order valence-corrected chi connectivity index (χ4v) is 3.25. The monoisotopic (exact) mass is 274 g/mol. The molecule has 90 valence electrons. The smallest absolute Gasteiger partial charge is 0.150 e. The number of nitrogens with zero attached hydrogens (tertiary/aromatic N) is 2. The lowest BCUT2D eigenvalue weighted by Gasteiger charge is -2.02. The van der Waals surface area contributed by atoms with Crippen LogP contribution in [0.2, 0.25) is 5.15 Å². The van der Waals surface area contributed by atoms with Gasteiger partial charge in [0.1, 0.15) is 5.82 Å². The molecule has 0 spiro atoms. The minimum absolute atomic E-state index is 0.543. The predicted molar refractivity (Wildman–Crippen MR) is 77.3 cm³/mol. The van der Waals surface area contributed by atoms with E-state index in [0.717, 1.165) is 15.8 Å². The molecular weight excluding hydrogens is 264 g/mol. The van der Waals surface area contributed by atoms with Crippen molar-refractivity contribution in [1.82, 2.24) is 9.97 Å². The summed E-state index contributed by atoms with van der Waals surface area (Å²) >= 11 is 7.75. The number of hydrogen-bond donors (Lipinski definition) is 0. The number of fused-ring (bicyclic) bond motifs is 1. The molecule has 0 N–H and O–H groups in total. The summed E-state index contributed by atoms with van der Waals surface area (Å²) in [6.45, 7) is 3.95. The Bertz CT molecular complexity index is 734. The van der Waals surface area contributed by atoms with Crippen molar-refractivity contribution in [3.05, 3.63) is 46.2 Å². The van der Waals surface area contributed by atoms with Crippen molar-refractivity contribution in [2.24, 2.45) is 0 Å².